The Morgan fingerprint density at radius 2 is 1.81 bits per heavy atom. The number of carbonyl (C=O) groups is 3. The van der Waals surface area contributed by atoms with E-state index in [-0.39, 0.29) is 23.6 Å². The highest BCUT2D eigenvalue weighted by molar-refractivity contribution is 6.03. The molecular weight excluding hydrogens is 274 g/mol. The van der Waals surface area contributed by atoms with Crippen LogP contribution in [0.15, 0.2) is 0 Å². The summed E-state index contributed by atoms with van der Waals surface area (Å²) < 4.78 is 10.2. The molecule has 1 aromatic rings. The molecule has 1 heterocycles. The molecule has 0 saturated heterocycles. The first-order valence-corrected chi connectivity index (χ1v) is 6.85. The van der Waals surface area contributed by atoms with E-state index in [0.717, 1.165) is 0 Å². The molecule has 1 N–H and O–H groups in total. The number of nitrogens with one attached hydrogen (secondary N) is 1. The minimum absolute atomic E-state index is 0.0335. The molecule has 0 unspecified atom stereocenters. The van der Waals surface area contributed by atoms with Crippen LogP contribution in [-0.4, -0.2) is 35.4 Å². The van der Waals surface area contributed by atoms with Gasteiger partial charge in [0, 0.05) is 0 Å². The fourth-order valence-electron chi connectivity index (χ4n) is 1.94. The smallest absolute Gasteiger partial charge is 0.355 e. The molecule has 0 aliphatic heterocycles. The second-order valence-electron chi connectivity index (χ2n) is 5.46. The molecule has 0 aromatic carbocycles. The number of esters is 2. The quantitative estimate of drug-likeness (QED) is 0.666. The van der Waals surface area contributed by atoms with Gasteiger partial charge in [0.2, 0.25) is 0 Å². The molecule has 0 bridgehead atoms. The van der Waals surface area contributed by atoms with Crippen LogP contribution in [0.25, 0.3) is 0 Å². The van der Waals surface area contributed by atoms with E-state index in [0.29, 0.717) is 18.3 Å². The van der Waals surface area contributed by atoms with E-state index in [2.05, 4.69) is 4.98 Å². The molecule has 21 heavy (non-hydrogen) atoms. The van der Waals surface area contributed by atoms with E-state index >= 15 is 0 Å². The van der Waals surface area contributed by atoms with E-state index in [1.165, 1.54) is 0 Å². The molecule has 1 rings (SSSR count). The SMILES string of the molecule is CCOC(=O)c1c(C=O)[nH]c(C(=O)OC(C)(C)C)c1CC. The second kappa shape index (κ2) is 6.56. The van der Waals surface area contributed by atoms with Crippen molar-refractivity contribution in [2.24, 2.45) is 0 Å². The van der Waals surface area contributed by atoms with Crippen molar-refractivity contribution < 1.29 is 23.9 Å². The normalized spacial score (nSPS) is 11.1. The molecule has 116 valence electrons. The molecule has 0 spiro atoms. The number of hydrogen-bond acceptors (Lipinski definition) is 5. The van der Waals surface area contributed by atoms with Gasteiger partial charge in [0.25, 0.3) is 0 Å². The van der Waals surface area contributed by atoms with Crippen molar-refractivity contribution >= 4 is 18.2 Å². The average Bonchev–Trinajstić information content (AvgIpc) is 2.75. The number of aromatic nitrogens is 1. The monoisotopic (exact) mass is 295 g/mol. The zero-order valence-corrected chi connectivity index (χ0v) is 13.0. The molecule has 6 heteroatoms. The third-order valence-corrected chi connectivity index (χ3v) is 2.69. The molecule has 0 amide bonds. The van der Waals surface area contributed by atoms with Crippen LogP contribution in [0.1, 0.15) is 71.5 Å². The highest BCUT2D eigenvalue weighted by atomic mass is 16.6. The van der Waals surface area contributed by atoms with Gasteiger partial charge in [0.05, 0.1) is 17.9 Å². The van der Waals surface area contributed by atoms with Gasteiger partial charge in [0.1, 0.15) is 11.3 Å². The van der Waals surface area contributed by atoms with Crippen LogP contribution >= 0.6 is 0 Å². The van der Waals surface area contributed by atoms with Crippen LogP contribution < -0.4 is 0 Å². The third-order valence-electron chi connectivity index (χ3n) is 2.69. The zero-order chi connectivity index (χ0) is 16.2. The summed E-state index contributed by atoms with van der Waals surface area (Å²) >= 11 is 0. The number of rotatable bonds is 5. The van der Waals surface area contributed by atoms with E-state index in [1.54, 1.807) is 34.6 Å². The lowest BCUT2D eigenvalue weighted by atomic mass is 10.1. The first-order valence-electron chi connectivity index (χ1n) is 6.85. The van der Waals surface area contributed by atoms with Crippen LogP contribution in [0, 0.1) is 0 Å². The van der Waals surface area contributed by atoms with Gasteiger partial charge in [0.15, 0.2) is 6.29 Å². The van der Waals surface area contributed by atoms with E-state index in [9.17, 15) is 14.4 Å². The average molecular weight is 295 g/mol. The number of aromatic amines is 1. The summed E-state index contributed by atoms with van der Waals surface area (Å²) in [5, 5.41) is 0. The van der Waals surface area contributed by atoms with E-state index in [1.807, 2.05) is 0 Å². The van der Waals surface area contributed by atoms with Gasteiger partial charge >= 0.3 is 11.9 Å². The van der Waals surface area contributed by atoms with Crippen LogP contribution in [0.5, 0.6) is 0 Å². The molecule has 0 aliphatic rings. The number of ether oxygens (including phenoxy) is 2. The van der Waals surface area contributed by atoms with E-state index < -0.39 is 17.5 Å². The van der Waals surface area contributed by atoms with Crippen LogP contribution in [0.4, 0.5) is 0 Å². The highest BCUT2D eigenvalue weighted by Crippen LogP contribution is 2.23. The fourth-order valence-corrected chi connectivity index (χ4v) is 1.94. The van der Waals surface area contributed by atoms with Crippen molar-refractivity contribution in [1.29, 1.82) is 0 Å². The summed E-state index contributed by atoms with van der Waals surface area (Å²) in [6.07, 6.45) is 0.895. The molecule has 0 atom stereocenters. The summed E-state index contributed by atoms with van der Waals surface area (Å²) in [7, 11) is 0. The Bertz CT molecular complexity index is 551. The van der Waals surface area contributed by atoms with Crippen LogP contribution in [0.3, 0.4) is 0 Å². The highest BCUT2D eigenvalue weighted by Gasteiger charge is 2.28. The fraction of sp³-hybridized carbons (Fsp3) is 0.533. The zero-order valence-electron chi connectivity index (χ0n) is 13.0. The first kappa shape index (κ1) is 16.9. The molecule has 0 radical (unpaired) electrons. The third kappa shape index (κ3) is 3.93. The van der Waals surface area contributed by atoms with Gasteiger partial charge in [-0.05, 0) is 39.7 Å². The number of hydrogen-bond donors (Lipinski definition) is 1. The topological polar surface area (TPSA) is 85.5 Å². The molecule has 6 nitrogen and oxygen atoms in total. The van der Waals surface area contributed by atoms with Crippen molar-refractivity contribution in [2.75, 3.05) is 6.61 Å². The minimum atomic E-state index is -0.668. The molecule has 0 aliphatic carbocycles. The Morgan fingerprint density at radius 3 is 2.24 bits per heavy atom. The number of H-pyrrole nitrogens is 1. The summed E-state index contributed by atoms with van der Waals surface area (Å²) in [6.45, 7) is 8.87. The van der Waals surface area contributed by atoms with Crippen LogP contribution in [-0.2, 0) is 15.9 Å². The number of aldehydes is 1. The lowest BCUT2D eigenvalue weighted by Gasteiger charge is -2.19. The van der Waals surface area contributed by atoms with Crippen molar-refractivity contribution in [3.05, 3.63) is 22.5 Å². The predicted molar refractivity (Wildman–Crippen MR) is 76.7 cm³/mol. The maximum Gasteiger partial charge on any atom is 0.355 e. The van der Waals surface area contributed by atoms with Gasteiger partial charge in [-0.3, -0.25) is 4.79 Å². The maximum absolute atomic E-state index is 12.2. The summed E-state index contributed by atoms with van der Waals surface area (Å²) in [6, 6.07) is 0. The molecule has 0 fully saturated rings. The van der Waals surface area contributed by atoms with Gasteiger partial charge in [-0.1, -0.05) is 6.92 Å². The second-order valence-corrected chi connectivity index (χ2v) is 5.46. The Hall–Kier alpha value is -2.11. The van der Waals surface area contributed by atoms with Gasteiger partial charge < -0.3 is 14.5 Å². The van der Waals surface area contributed by atoms with Crippen molar-refractivity contribution in [1.82, 2.24) is 4.98 Å². The van der Waals surface area contributed by atoms with E-state index in [4.69, 9.17) is 9.47 Å². The Balaban J connectivity index is 3.32. The van der Waals surface area contributed by atoms with Crippen molar-refractivity contribution in [2.45, 2.75) is 46.6 Å². The van der Waals surface area contributed by atoms with Gasteiger partial charge in [-0.2, -0.15) is 0 Å². The summed E-state index contributed by atoms with van der Waals surface area (Å²) in [5.41, 5.74) is 0.0299. The minimum Gasteiger partial charge on any atom is -0.462 e. The number of carbonyl (C=O) groups excluding carboxylic acids is 3. The summed E-state index contributed by atoms with van der Waals surface area (Å²) in [4.78, 5) is 38.0. The standard InChI is InChI=1S/C15H21NO5/c1-6-9-11(13(18)20-7-2)10(8-17)16-12(9)14(19)21-15(3,4)5/h8,16H,6-7H2,1-5H3. The van der Waals surface area contributed by atoms with Gasteiger partial charge in [-0.15, -0.1) is 0 Å². The Morgan fingerprint density at radius 1 is 1.19 bits per heavy atom. The molecule has 0 saturated carbocycles. The molecular formula is C15H21NO5. The lowest BCUT2D eigenvalue weighted by molar-refractivity contribution is 0.00624. The Kier molecular flexibility index (Phi) is 5.29. The maximum atomic E-state index is 12.2. The lowest BCUT2D eigenvalue weighted by Crippen LogP contribution is -2.24. The van der Waals surface area contributed by atoms with Crippen LogP contribution in [0.2, 0.25) is 0 Å². The van der Waals surface area contributed by atoms with Gasteiger partial charge in [-0.25, -0.2) is 9.59 Å². The molecule has 1 aromatic heterocycles. The predicted octanol–water partition coefficient (Wildman–Crippen LogP) is 2.52. The van der Waals surface area contributed by atoms with Crippen molar-refractivity contribution in [3.63, 3.8) is 0 Å². The Labute approximate surface area is 123 Å². The van der Waals surface area contributed by atoms with Crippen molar-refractivity contribution in [3.8, 4) is 0 Å². The largest absolute Gasteiger partial charge is 0.462 e. The first-order chi connectivity index (χ1) is 9.75. The summed E-state index contributed by atoms with van der Waals surface area (Å²) in [5.74, 6) is -1.22.